The van der Waals surface area contributed by atoms with E-state index < -0.39 is 0 Å². The minimum absolute atomic E-state index is 0.883. The molecule has 0 unspecified atom stereocenters. The predicted molar refractivity (Wildman–Crippen MR) is 212 cm³/mol. The molecular formula is C48H29NO2. The Bertz CT molecular complexity index is 3120. The summed E-state index contributed by atoms with van der Waals surface area (Å²) in [5, 5.41) is 6.80. The summed E-state index contributed by atoms with van der Waals surface area (Å²) in [5.74, 6) is 0. The van der Waals surface area contributed by atoms with Gasteiger partial charge in [0.05, 0.1) is 11.0 Å². The third-order valence-corrected chi connectivity index (χ3v) is 10.4. The Balaban J connectivity index is 1.27. The van der Waals surface area contributed by atoms with Gasteiger partial charge in [-0.25, -0.2) is 0 Å². The monoisotopic (exact) mass is 651 g/mol. The van der Waals surface area contributed by atoms with Gasteiger partial charge in [-0.05, 0) is 53.1 Å². The average molecular weight is 652 g/mol. The molecule has 0 saturated heterocycles. The fraction of sp³-hybridized carbons (Fsp3) is 0. The van der Waals surface area contributed by atoms with Gasteiger partial charge in [-0.2, -0.15) is 0 Å². The quantitative estimate of drug-likeness (QED) is 0.190. The molecule has 0 radical (unpaired) electrons. The van der Waals surface area contributed by atoms with E-state index in [1.165, 1.54) is 21.9 Å². The van der Waals surface area contributed by atoms with Crippen LogP contribution in [-0.4, -0.2) is 4.57 Å². The standard InChI is InChI=1S/C48H29NO2/c1-2-12-30(13-3-1)31-24-26-32(27-25-31)49-41-21-7-4-16-39(41)46-42(49)29-28-35(38-19-10-17-36-33-14-5-8-22-43(33)50-47(36)38)45(46)40-20-11-18-37-34-15-6-9-23-44(34)51-48(37)40/h1-29H. The maximum atomic E-state index is 6.74. The molecule has 0 spiro atoms. The van der Waals surface area contributed by atoms with Gasteiger partial charge in [-0.15, -0.1) is 0 Å². The van der Waals surface area contributed by atoms with Gasteiger partial charge in [0.2, 0.25) is 0 Å². The average Bonchev–Trinajstić information content (AvgIpc) is 3.88. The van der Waals surface area contributed by atoms with Gasteiger partial charge in [0.15, 0.2) is 0 Å². The smallest absolute Gasteiger partial charge is 0.143 e. The van der Waals surface area contributed by atoms with Gasteiger partial charge >= 0.3 is 0 Å². The van der Waals surface area contributed by atoms with Gasteiger partial charge in [0.25, 0.3) is 0 Å². The van der Waals surface area contributed by atoms with E-state index in [4.69, 9.17) is 8.83 Å². The van der Waals surface area contributed by atoms with Crippen molar-refractivity contribution in [2.75, 3.05) is 0 Å². The number of furan rings is 2. The first-order valence-electron chi connectivity index (χ1n) is 17.4. The largest absolute Gasteiger partial charge is 0.455 e. The Morgan fingerprint density at radius 1 is 0.333 bits per heavy atom. The number of para-hydroxylation sites is 5. The van der Waals surface area contributed by atoms with Crippen molar-refractivity contribution in [1.29, 1.82) is 0 Å². The molecule has 3 aromatic heterocycles. The lowest BCUT2D eigenvalue weighted by Crippen LogP contribution is -1.95. The maximum absolute atomic E-state index is 6.74. The molecule has 0 aliphatic rings. The Kier molecular flexibility index (Phi) is 5.96. The zero-order chi connectivity index (χ0) is 33.5. The van der Waals surface area contributed by atoms with Crippen molar-refractivity contribution < 1.29 is 8.83 Å². The van der Waals surface area contributed by atoms with Gasteiger partial charge in [-0.1, -0.05) is 140 Å². The van der Waals surface area contributed by atoms with Gasteiger partial charge in [-0.3, -0.25) is 0 Å². The Morgan fingerprint density at radius 3 is 1.59 bits per heavy atom. The van der Waals surface area contributed by atoms with E-state index in [-0.39, 0.29) is 0 Å². The third kappa shape index (κ3) is 4.12. The Morgan fingerprint density at radius 2 is 0.882 bits per heavy atom. The number of aromatic nitrogens is 1. The molecule has 3 heteroatoms. The number of nitrogens with zero attached hydrogens (tertiary/aromatic N) is 1. The molecule has 11 rings (SSSR count). The summed E-state index contributed by atoms with van der Waals surface area (Å²) in [5.41, 5.74) is 13.7. The second kappa shape index (κ2) is 10.8. The predicted octanol–water partition coefficient (Wildman–Crippen LogP) is 13.6. The fourth-order valence-corrected chi connectivity index (χ4v) is 8.18. The Labute approximate surface area is 293 Å². The minimum atomic E-state index is 0.883. The van der Waals surface area contributed by atoms with Crippen molar-refractivity contribution in [3.05, 3.63) is 176 Å². The second-order valence-corrected chi connectivity index (χ2v) is 13.2. The zero-order valence-corrected chi connectivity index (χ0v) is 27.5. The molecule has 51 heavy (non-hydrogen) atoms. The topological polar surface area (TPSA) is 31.2 Å². The molecule has 8 aromatic carbocycles. The van der Waals surface area contributed by atoms with Crippen molar-refractivity contribution in [1.82, 2.24) is 4.57 Å². The van der Waals surface area contributed by atoms with Crippen LogP contribution in [0.5, 0.6) is 0 Å². The van der Waals surface area contributed by atoms with Crippen molar-refractivity contribution in [2.45, 2.75) is 0 Å². The van der Waals surface area contributed by atoms with Crippen LogP contribution in [0, 0.1) is 0 Å². The molecule has 0 amide bonds. The third-order valence-electron chi connectivity index (χ3n) is 10.4. The first-order valence-corrected chi connectivity index (χ1v) is 17.4. The van der Waals surface area contributed by atoms with Gasteiger partial charge in [0, 0.05) is 54.7 Å². The van der Waals surface area contributed by atoms with E-state index in [2.05, 4.69) is 168 Å². The van der Waals surface area contributed by atoms with Crippen molar-refractivity contribution in [2.24, 2.45) is 0 Å². The van der Waals surface area contributed by atoms with Crippen LogP contribution >= 0.6 is 0 Å². The highest BCUT2D eigenvalue weighted by Crippen LogP contribution is 2.48. The van der Waals surface area contributed by atoms with Crippen molar-refractivity contribution in [3.8, 4) is 39.1 Å². The highest BCUT2D eigenvalue weighted by Gasteiger charge is 2.24. The van der Waals surface area contributed by atoms with Crippen LogP contribution in [0.3, 0.4) is 0 Å². The van der Waals surface area contributed by atoms with Crippen molar-refractivity contribution in [3.63, 3.8) is 0 Å². The van der Waals surface area contributed by atoms with Crippen LogP contribution in [-0.2, 0) is 0 Å². The van der Waals surface area contributed by atoms with Crippen LogP contribution in [0.1, 0.15) is 0 Å². The van der Waals surface area contributed by atoms with Gasteiger partial charge in [0.1, 0.15) is 22.3 Å². The molecule has 0 aliphatic heterocycles. The summed E-state index contributed by atoms with van der Waals surface area (Å²) in [6, 6.07) is 62.4. The summed E-state index contributed by atoms with van der Waals surface area (Å²) in [6.07, 6.45) is 0. The molecule has 0 fully saturated rings. The van der Waals surface area contributed by atoms with Crippen LogP contribution < -0.4 is 0 Å². The Hall–Kier alpha value is -6.84. The van der Waals surface area contributed by atoms with E-state index in [0.29, 0.717) is 0 Å². The SMILES string of the molecule is c1ccc(-c2ccc(-n3c4ccccc4c4c(-c5cccc6c5oc5ccccc56)c(-c5cccc6c5oc5ccccc56)ccc43)cc2)cc1. The second-order valence-electron chi connectivity index (χ2n) is 13.2. The first kappa shape index (κ1) is 28.0. The highest BCUT2D eigenvalue weighted by molar-refractivity contribution is 6.23. The van der Waals surface area contributed by atoms with E-state index in [9.17, 15) is 0 Å². The number of hydrogen-bond acceptors (Lipinski definition) is 2. The molecule has 11 aromatic rings. The highest BCUT2D eigenvalue weighted by atomic mass is 16.3. The summed E-state index contributed by atoms with van der Waals surface area (Å²) < 4.78 is 15.8. The number of fused-ring (bicyclic) bond motifs is 9. The molecule has 0 bridgehead atoms. The van der Waals surface area contributed by atoms with E-state index in [0.717, 1.165) is 82.9 Å². The summed E-state index contributed by atoms with van der Waals surface area (Å²) in [4.78, 5) is 0. The first-order chi connectivity index (χ1) is 25.3. The summed E-state index contributed by atoms with van der Waals surface area (Å²) in [7, 11) is 0. The molecule has 238 valence electrons. The van der Waals surface area contributed by atoms with E-state index >= 15 is 0 Å². The van der Waals surface area contributed by atoms with Crippen molar-refractivity contribution >= 4 is 65.7 Å². The van der Waals surface area contributed by atoms with Crippen LogP contribution in [0.25, 0.3) is 105 Å². The fourth-order valence-electron chi connectivity index (χ4n) is 8.18. The molecule has 0 aliphatic carbocycles. The summed E-state index contributed by atoms with van der Waals surface area (Å²) >= 11 is 0. The molecule has 0 saturated carbocycles. The van der Waals surface area contributed by atoms with Gasteiger partial charge < -0.3 is 13.4 Å². The lowest BCUT2D eigenvalue weighted by Gasteiger charge is -2.15. The summed E-state index contributed by atoms with van der Waals surface area (Å²) in [6.45, 7) is 0. The number of rotatable bonds is 4. The minimum Gasteiger partial charge on any atom is -0.455 e. The van der Waals surface area contributed by atoms with Crippen LogP contribution in [0.15, 0.2) is 185 Å². The lowest BCUT2D eigenvalue weighted by molar-refractivity contribution is 0.669. The lowest BCUT2D eigenvalue weighted by atomic mass is 9.89. The molecule has 0 N–H and O–H groups in total. The molecule has 3 nitrogen and oxygen atoms in total. The van der Waals surface area contributed by atoms with E-state index in [1.807, 2.05) is 12.1 Å². The normalized spacial score (nSPS) is 11.9. The number of hydrogen-bond donors (Lipinski definition) is 0. The number of benzene rings is 8. The maximum Gasteiger partial charge on any atom is 0.143 e. The van der Waals surface area contributed by atoms with Crippen LogP contribution in [0.4, 0.5) is 0 Å². The molecule has 3 heterocycles. The molecule has 0 atom stereocenters. The zero-order valence-electron chi connectivity index (χ0n) is 27.5. The molecular weight excluding hydrogens is 623 g/mol. The van der Waals surface area contributed by atoms with Crippen LogP contribution in [0.2, 0.25) is 0 Å². The van der Waals surface area contributed by atoms with E-state index in [1.54, 1.807) is 0 Å².